The van der Waals surface area contributed by atoms with Gasteiger partial charge in [0.2, 0.25) is 0 Å². The Labute approximate surface area is 79.2 Å². The van der Waals surface area contributed by atoms with Gasteiger partial charge in [0, 0.05) is 6.07 Å². The molecule has 5 heteroatoms. The van der Waals surface area contributed by atoms with Gasteiger partial charge in [-0.2, -0.15) is 0 Å². The fraction of sp³-hybridized carbons (Fsp3) is 0.222. The molecule has 0 heterocycles. The Hall–Kier alpha value is -1.65. The molecule has 0 aromatic heterocycles. The van der Waals surface area contributed by atoms with Gasteiger partial charge in [0.1, 0.15) is 5.75 Å². The predicted molar refractivity (Wildman–Crippen MR) is 43.9 cm³/mol. The summed E-state index contributed by atoms with van der Waals surface area (Å²) in [5.41, 5.74) is 0. The second kappa shape index (κ2) is 4.55. The first-order chi connectivity index (χ1) is 6.63. The summed E-state index contributed by atoms with van der Waals surface area (Å²) in [6.45, 7) is -0.332. The lowest BCUT2D eigenvalue weighted by Gasteiger charge is -2.04. The van der Waals surface area contributed by atoms with E-state index in [4.69, 9.17) is 4.74 Å². The van der Waals surface area contributed by atoms with Gasteiger partial charge in [-0.15, -0.1) is 0 Å². The lowest BCUT2D eigenvalue weighted by molar-refractivity contribution is -0.142. The minimum Gasteiger partial charge on any atom is -0.482 e. The van der Waals surface area contributed by atoms with Crippen molar-refractivity contribution in [3.8, 4) is 5.75 Å². The molecule has 0 amide bonds. The van der Waals surface area contributed by atoms with Crippen molar-refractivity contribution in [2.24, 2.45) is 0 Å². The number of rotatable bonds is 3. The lowest BCUT2D eigenvalue weighted by atomic mass is 10.3. The second-order valence-electron chi connectivity index (χ2n) is 2.44. The van der Waals surface area contributed by atoms with Gasteiger partial charge in [0.25, 0.3) is 0 Å². The zero-order valence-corrected chi connectivity index (χ0v) is 7.42. The van der Waals surface area contributed by atoms with Crippen LogP contribution in [0.2, 0.25) is 0 Å². The summed E-state index contributed by atoms with van der Waals surface area (Å²) in [5, 5.41) is 0. The molecular formula is C9H8F2O3. The molecule has 14 heavy (non-hydrogen) atoms. The minimum absolute atomic E-state index is 0.0781. The van der Waals surface area contributed by atoms with Crippen molar-refractivity contribution >= 4 is 5.97 Å². The van der Waals surface area contributed by atoms with Crippen LogP contribution in [0.3, 0.4) is 0 Å². The van der Waals surface area contributed by atoms with Crippen molar-refractivity contribution in [3.63, 3.8) is 0 Å². The minimum atomic E-state index is -1.02. The van der Waals surface area contributed by atoms with Crippen molar-refractivity contribution in [3.05, 3.63) is 29.8 Å². The smallest absolute Gasteiger partial charge is 0.343 e. The largest absolute Gasteiger partial charge is 0.482 e. The number of halogens is 2. The van der Waals surface area contributed by atoms with Crippen molar-refractivity contribution < 1.29 is 23.0 Å². The SMILES string of the molecule is COC(=O)COc1ccc(F)c(F)c1. The summed E-state index contributed by atoms with van der Waals surface area (Å²) in [7, 11) is 1.21. The maximum Gasteiger partial charge on any atom is 0.343 e. The molecular weight excluding hydrogens is 194 g/mol. The molecule has 0 N–H and O–H groups in total. The van der Waals surface area contributed by atoms with E-state index in [0.717, 1.165) is 12.1 Å². The second-order valence-corrected chi connectivity index (χ2v) is 2.44. The number of esters is 1. The molecule has 0 aliphatic heterocycles. The highest BCUT2D eigenvalue weighted by Gasteiger charge is 2.05. The van der Waals surface area contributed by atoms with Gasteiger partial charge in [-0.25, -0.2) is 13.6 Å². The molecule has 3 nitrogen and oxygen atoms in total. The fourth-order valence-electron chi connectivity index (χ4n) is 0.768. The molecule has 76 valence electrons. The van der Waals surface area contributed by atoms with E-state index in [0.29, 0.717) is 0 Å². The highest BCUT2D eigenvalue weighted by molar-refractivity contribution is 5.70. The van der Waals surface area contributed by atoms with Gasteiger partial charge in [0.05, 0.1) is 7.11 Å². The molecule has 0 saturated carbocycles. The Morgan fingerprint density at radius 3 is 2.64 bits per heavy atom. The third kappa shape index (κ3) is 2.69. The number of ether oxygens (including phenoxy) is 2. The average molecular weight is 202 g/mol. The average Bonchev–Trinajstić information content (AvgIpc) is 2.19. The number of hydrogen-bond acceptors (Lipinski definition) is 3. The standard InChI is InChI=1S/C9H8F2O3/c1-13-9(12)5-14-6-2-3-7(10)8(11)4-6/h2-4H,5H2,1H3. The molecule has 1 aromatic rings. The quantitative estimate of drug-likeness (QED) is 0.697. The molecule has 0 atom stereocenters. The van der Waals surface area contributed by atoms with E-state index in [1.54, 1.807) is 0 Å². The van der Waals surface area contributed by atoms with E-state index < -0.39 is 17.6 Å². The molecule has 0 radical (unpaired) electrons. The molecule has 1 rings (SSSR count). The first-order valence-corrected chi connectivity index (χ1v) is 3.78. The highest BCUT2D eigenvalue weighted by atomic mass is 19.2. The van der Waals surface area contributed by atoms with Crippen molar-refractivity contribution in [1.29, 1.82) is 0 Å². The van der Waals surface area contributed by atoms with E-state index in [1.165, 1.54) is 13.2 Å². The van der Waals surface area contributed by atoms with Crippen LogP contribution in [-0.4, -0.2) is 19.7 Å². The lowest BCUT2D eigenvalue weighted by Crippen LogP contribution is -2.12. The Morgan fingerprint density at radius 2 is 2.07 bits per heavy atom. The summed E-state index contributed by atoms with van der Waals surface area (Å²) in [4.78, 5) is 10.6. The Bertz CT molecular complexity index is 339. The fourth-order valence-corrected chi connectivity index (χ4v) is 0.768. The molecule has 0 unspecified atom stereocenters. The highest BCUT2D eigenvalue weighted by Crippen LogP contribution is 2.15. The number of benzene rings is 1. The monoisotopic (exact) mass is 202 g/mol. The summed E-state index contributed by atoms with van der Waals surface area (Å²) in [5.74, 6) is -2.49. The van der Waals surface area contributed by atoms with Gasteiger partial charge < -0.3 is 9.47 Å². The van der Waals surface area contributed by atoms with E-state index in [-0.39, 0.29) is 12.4 Å². The van der Waals surface area contributed by atoms with E-state index in [9.17, 15) is 13.6 Å². The van der Waals surface area contributed by atoms with Crippen LogP contribution in [0.1, 0.15) is 0 Å². The Morgan fingerprint density at radius 1 is 1.36 bits per heavy atom. The van der Waals surface area contributed by atoms with Gasteiger partial charge in [-0.3, -0.25) is 0 Å². The normalized spacial score (nSPS) is 9.64. The van der Waals surface area contributed by atoms with Crippen LogP contribution >= 0.6 is 0 Å². The van der Waals surface area contributed by atoms with Crippen LogP contribution in [0.5, 0.6) is 5.75 Å². The maximum atomic E-state index is 12.6. The van der Waals surface area contributed by atoms with Crippen LogP contribution in [0.25, 0.3) is 0 Å². The van der Waals surface area contributed by atoms with Crippen LogP contribution < -0.4 is 4.74 Å². The van der Waals surface area contributed by atoms with Crippen molar-refractivity contribution in [1.82, 2.24) is 0 Å². The maximum absolute atomic E-state index is 12.6. The van der Waals surface area contributed by atoms with Gasteiger partial charge in [-0.1, -0.05) is 0 Å². The molecule has 0 bridgehead atoms. The van der Waals surface area contributed by atoms with Crippen molar-refractivity contribution in [2.75, 3.05) is 13.7 Å². The summed E-state index contributed by atoms with van der Waals surface area (Å²) in [6, 6.07) is 3.00. The van der Waals surface area contributed by atoms with Gasteiger partial charge in [0.15, 0.2) is 18.2 Å². The third-order valence-electron chi connectivity index (χ3n) is 1.48. The topological polar surface area (TPSA) is 35.5 Å². The molecule has 0 aliphatic rings. The number of carbonyl (C=O) groups excluding carboxylic acids is 1. The molecule has 0 spiro atoms. The number of carbonyl (C=O) groups is 1. The summed E-state index contributed by atoms with van der Waals surface area (Å²) >= 11 is 0. The summed E-state index contributed by atoms with van der Waals surface area (Å²) in [6.07, 6.45) is 0. The third-order valence-corrected chi connectivity index (χ3v) is 1.48. The zero-order chi connectivity index (χ0) is 10.6. The van der Waals surface area contributed by atoms with E-state index in [1.807, 2.05) is 0 Å². The van der Waals surface area contributed by atoms with Crippen LogP contribution in [-0.2, 0) is 9.53 Å². The van der Waals surface area contributed by atoms with Crippen LogP contribution in [0, 0.1) is 11.6 Å². The first kappa shape index (κ1) is 10.4. The van der Waals surface area contributed by atoms with E-state index in [2.05, 4.69) is 4.74 Å². The molecule has 1 aromatic carbocycles. The first-order valence-electron chi connectivity index (χ1n) is 3.78. The molecule has 0 saturated heterocycles. The Kier molecular flexibility index (Phi) is 3.39. The van der Waals surface area contributed by atoms with Gasteiger partial charge >= 0.3 is 5.97 Å². The van der Waals surface area contributed by atoms with E-state index >= 15 is 0 Å². The van der Waals surface area contributed by atoms with Crippen molar-refractivity contribution in [2.45, 2.75) is 0 Å². The molecule has 0 fully saturated rings. The summed E-state index contributed by atoms with van der Waals surface area (Å²) < 4.78 is 34.2. The molecule has 0 aliphatic carbocycles. The Balaban J connectivity index is 2.60. The van der Waals surface area contributed by atoms with Crippen LogP contribution in [0.15, 0.2) is 18.2 Å². The van der Waals surface area contributed by atoms with Gasteiger partial charge in [-0.05, 0) is 12.1 Å². The number of methoxy groups -OCH3 is 1. The zero-order valence-electron chi connectivity index (χ0n) is 7.42. The predicted octanol–water partition coefficient (Wildman–Crippen LogP) is 1.52. The van der Waals surface area contributed by atoms with Crippen LogP contribution in [0.4, 0.5) is 8.78 Å². The number of hydrogen-bond donors (Lipinski definition) is 0.